The number of nitrogens with one attached hydrogen (secondary N) is 1. The van der Waals surface area contributed by atoms with Crippen molar-refractivity contribution in [1.29, 1.82) is 5.26 Å². The maximum Gasteiger partial charge on any atom is 0.167 e. The van der Waals surface area contributed by atoms with Gasteiger partial charge in [-0.05, 0) is 39.2 Å². The van der Waals surface area contributed by atoms with Crippen LogP contribution >= 0.6 is 0 Å². The molecule has 0 saturated heterocycles. The van der Waals surface area contributed by atoms with Gasteiger partial charge in [-0.15, -0.1) is 5.10 Å². The van der Waals surface area contributed by atoms with Crippen molar-refractivity contribution >= 4 is 5.82 Å². The third-order valence-electron chi connectivity index (χ3n) is 3.94. The molecule has 1 aromatic heterocycles. The molecule has 4 nitrogen and oxygen atoms in total. The largest absolute Gasteiger partial charge is 0.362 e. The van der Waals surface area contributed by atoms with E-state index < -0.39 is 0 Å². The smallest absolute Gasteiger partial charge is 0.167 e. The van der Waals surface area contributed by atoms with E-state index in [0.29, 0.717) is 11.4 Å². The lowest BCUT2D eigenvalue weighted by molar-refractivity contribution is 0.348. The maximum absolute atomic E-state index is 9.28. The van der Waals surface area contributed by atoms with E-state index in [4.69, 9.17) is 0 Å². The molecule has 4 heteroatoms. The van der Waals surface area contributed by atoms with Gasteiger partial charge in [-0.2, -0.15) is 10.4 Å². The SMILES string of the molecule is Cc1nnc(NC2(C)CCCCC2)c(C#N)c1C. The first kappa shape index (κ1) is 12.8. The summed E-state index contributed by atoms with van der Waals surface area (Å²) in [6, 6.07) is 2.25. The molecule has 0 bridgehead atoms. The fraction of sp³-hybridized carbons (Fsp3) is 0.643. The Morgan fingerprint density at radius 1 is 1.17 bits per heavy atom. The highest BCUT2D eigenvalue weighted by molar-refractivity contribution is 5.56. The van der Waals surface area contributed by atoms with Gasteiger partial charge in [0, 0.05) is 5.54 Å². The number of hydrogen-bond donors (Lipinski definition) is 1. The molecule has 0 aliphatic heterocycles. The first-order valence-corrected chi connectivity index (χ1v) is 6.58. The minimum Gasteiger partial charge on any atom is -0.362 e. The molecule has 0 aromatic carbocycles. The molecular formula is C14H20N4. The van der Waals surface area contributed by atoms with Gasteiger partial charge in [0.2, 0.25) is 0 Å². The summed E-state index contributed by atoms with van der Waals surface area (Å²) in [5, 5.41) is 21.0. The minimum atomic E-state index is 0.0558. The fourth-order valence-corrected chi connectivity index (χ4v) is 2.58. The molecule has 1 aliphatic carbocycles. The molecule has 1 aromatic rings. The second kappa shape index (κ2) is 4.93. The van der Waals surface area contributed by atoms with Crippen molar-refractivity contribution in [2.24, 2.45) is 0 Å². The highest BCUT2D eigenvalue weighted by Crippen LogP contribution is 2.31. The summed E-state index contributed by atoms with van der Waals surface area (Å²) in [5.41, 5.74) is 2.44. The fourth-order valence-electron chi connectivity index (χ4n) is 2.58. The normalized spacial score (nSPS) is 18.1. The number of anilines is 1. The first-order chi connectivity index (χ1) is 8.56. The lowest BCUT2D eigenvalue weighted by atomic mass is 9.83. The number of aryl methyl sites for hydroxylation is 1. The van der Waals surface area contributed by atoms with Crippen LogP contribution in [-0.4, -0.2) is 15.7 Å². The molecule has 18 heavy (non-hydrogen) atoms. The number of aromatic nitrogens is 2. The van der Waals surface area contributed by atoms with E-state index in [9.17, 15) is 5.26 Å². The van der Waals surface area contributed by atoms with Crippen LogP contribution in [0.1, 0.15) is 55.8 Å². The van der Waals surface area contributed by atoms with Crippen molar-refractivity contribution in [3.8, 4) is 6.07 Å². The highest BCUT2D eigenvalue weighted by Gasteiger charge is 2.28. The summed E-state index contributed by atoms with van der Waals surface area (Å²) >= 11 is 0. The van der Waals surface area contributed by atoms with Crippen LogP contribution in [0.3, 0.4) is 0 Å². The zero-order valence-electron chi connectivity index (χ0n) is 11.4. The van der Waals surface area contributed by atoms with E-state index in [1.165, 1.54) is 19.3 Å². The van der Waals surface area contributed by atoms with Crippen molar-refractivity contribution in [3.63, 3.8) is 0 Å². The van der Waals surface area contributed by atoms with Gasteiger partial charge >= 0.3 is 0 Å². The molecule has 1 fully saturated rings. The topological polar surface area (TPSA) is 61.6 Å². The third-order valence-corrected chi connectivity index (χ3v) is 3.94. The van der Waals surface area contributed by atoms with Gasteiger partial charge in [-0.1, -0.05) is 19.3 Å². The van der Waals surface area contributed by atoms with Gasteiger partial charge in [0.15, 0.2) is 5.82 Å². The van der Waals surface area contributed by atoms with Gasteiger partial charge in [-0.3, -0.25) is 0 Å². The Balaban J connectivity index is 2.29. The van der Waals surface area contributed by atoms with E-state index in [2.05, 4.69) is 28.5 Å². The molecule has 0 amide bonds. The predicted molar refractivity (Wildman–Crippen MR) is 71.3 cm³/mol. The third kappa shape index (κ3) is 2.45. The van der Waals surface area contributed by atoms with Crippen molar-refractivity contribution < 1.29 is 0 Å². The quantitative estimate of drug-likeness (QED) is 0.868. The molecule has 1 N–H and O–H groups in total. The second-order valence-corrected chi connectivity index (χ2v) is 5.49. The summed E-state index contributed by atoms with van der Waals surface area (Å²) in [4.78, 5) is 0. The maximum atomic E-state index is 9.28. The van der Waals surface area contributed by atoms with E-state index >= 15 is 0 Å². The Morgan fingerprint density at radius 2 is 1.83 bits per heavy atom. The standard InChI is InChI=1S/C14H20N4/c1-10-11(2)17-18-13(12(10)9-15)16-14(3)7-5-4-6-8-14/h4-8H2,1-3H3,(H,16,18). The highest BCUT2D eigenvalue weighted by atomic mass is 15.2. The van der Waals surface area contributed by atoms with E-state index in [1.807, 2.05) is 13.8 Å². The van der Waals surface area contributed by atoms with Crippen LogP contribution in [0.25, 0.3) is 0 Å². The second-order valence-electron chi connectivity index (χ2n) is 5.49. The Kier molecular flexibility index (Phi) is 3.51. The first-order valence-electron chi connectivity index (χ1n) is 6.58. The summed E-state index contributed by atoms with van der Waals surface area (Å²) in [7, 11) is 0. The van der Waals surface area contributed by atoms with Crippen LogP contribution in [0.4, 0.5) is 5.82 Å². The Labute approximate surface area is 108 Å². The average Bonchev–Trinajstić information content (AvgIpc) is 2.35. The van der Waals surface area contributed by atoms with Crippen LogP contribution < -0.4 is 5.32 Å². The Morgan fingerprint density at radius 3 is 2.44 bits per heavy atom. The van der Waals surface area contributed by atoms with Crippen molar-refractivity contribution in [1.82, 2.24) is 10.2 Å². The van der Waals surface area contributed by atoms with Crippen molar-refractivity contribution in [3.05, 3.63) is 16.8 Å². The number of nitriles is 1. The Bertz CT molecular complexity index is 481. The van der Waals surface area contributed by atoms with Gasteiger partial charge in [0.1, 0.15) is 11.6 Å². The van der Waals surface area contributed by atoms with Gasteiger partial charge in [0.25, 0.3) is 0 Å². The predicted octanol–water partition coefficient (Wildman–Crippen LogP) is 3.10. The van der Waals surface area contributed by atoms with Crippen LogP contribution in [0.15, 0.2) is 0 Å². The van der Waals surface area contributed by atoms with Crippen molar-refractivity contribution in [2.75, 3.05) is 5.32 Å². The van der Waals surface area contributed by atoms with Gasteiger partial charge in [-0.25, -0.2) is 0 Å². The molecule has 0 atom stereocenters. The molecule has 2 rings (SSSR count). The molecule has 1 heterocycles. The minimum absolute atomic E-state index is 0.0558. The average molecular weight is 244 g/mol. The summed E-state index contributed by atoms with van der Waals surface area (Å²) < 4.78 is 0. The summed E-state index contributed by atoms with van der Waals surface area (Å²) in [6.45, 7) is 6.02. The lowest BCUT2D eigenvalue weighted by Gasteiger charge is -2.35. The Hall–Kier alpha value is -1.63. The monoisotopic (exact) mass is 244 g/mol. The molecular weight excluding hydrogens is 224 g/mol. The number of nitrogens with zero attached hydrogens (tertiary/aromatic N) is 3. The van der Waals surface area contributed by atoms with Crippen LogP contribution in [0, 0.1) is 25.2 Å². The van der Waals surface area contributed by atoms with Crippen molar-refractivity contribution in [2.45, 2.75) is 58.4 Å². The number of rotatable bonds is 2. The van der Waals surface area contributed by atoms with Crippen LogP contribution in [-0.2, 0) is 0 Å². The van der Waals surface area contributed by atoms with E-state index in [0.717, 1.165) is 24.1 Å². The van der Waals surface area contributed by atoms with Crippen LogP contribution in [0.2, 0.25) is 0 Å². The lowest BCUT2D eigenvalue weighted by Crippen LogP contribution is -2.37. The van der Waals surface area contributed by atoms with E-state index in [-0.39, 0.29) is 5.54 Å². The molecule has 96 valence electrons. The molecule has 0 spiro atoms. The zero-order valence-corrected chi connectivity index (χ0v) is 11.4. The number of hydrogen-bond acceptors (Lipinski definition) is 4. The molecule has 0 radical (unpaired) electrons. The van der Waals surface area contributed by atoms with Crippen LogP contribution in [0.5, 0.6) is 0 Å². The molecule has 1 saturated carbocycles. The summed E-state index contributed by atoms with van der Waals surface area (Å²) in [5.74, 6) is 0.644. The van der Waals surface area contributed by atoms with Gasteiger partial charge in [0.05, 0.1) is 5.69 Å². The molecule has 0 unspecified atom stereocenters. The summed E-state index contributed by atoms with van der Waals surface area (Å²) in [6.07, 6.45) is 6.05. The van der Waals surface area contributed by atoms with Gasteiger partial charge < -0.3 is 5.32 Å². The van der Waals surface area contributed by atoms with E-state index in [1.54, 1.807) is 0 Å². The molecule has 1 aliphatic rings. The zero-order chi connectivity index (χ0) is 13.2.